The van der Waals surface area contributed by atoms with Gasteiger partial charge in [-0.3, -0.25) is 14.4 Å². The summed E-state index contributed by atoms with van der Waals surface area (Å²) in [6.45, 7) is 10.3. The van der Waals surface area contributed by atoms with Crippen LogP contribution in [-0.2, 0) is 33.4 Å². The predicted octanol–water partition coefficient (Wildman–Crippen LogP) is 3.57. The summed E-state index contributed by atoms with van der Waals surface area (Å²) < 4.78 is 15.1. The number of hydrogen-bond donors (Lipinski definition) is 0. The molecule has 0 saturated heterocycles. The van der Waals surface area contributed by atoms with E-state index >= 15 is 0 Å². The molecule has 0 atom stereocenters. The average Bonchev–Trinajstić information content (AvgIpc) is 2.66. The van der Waals surface area contributed by atoms with Gasteiger partial charge in [0.2, 0.25) is 0 Å². The van der Waals surface area contributed by atoms with E-state index in [0.29, 0.717) is 6.61 Å². The fraction of sp³-hybridized carbons (Fsp3) is 0.739. The zero-order chi connectivity index (χ0) is 23.9. The van der Waals surface area contributed by atoms with Gasteiger partial charge in [0.15, 0.2) is 6.61 Å². The monoisotopic (exact) mass is 441 g/mol. The largest absolute Gasteiger partial charge is 0.465 e. The van der Waals surface area contributed by atoms with Crippen molar-refractivity contribution in [3.05, 3.63) is 12.2 Å². The van der Waals surface area contributed by atoms with E-state index in [1.165, 1.54) is 32.7 Å². The number of rotatable bonds is 15. The predicted molar refractivity (Wildman–Crippen MR) is 117 cm³/mol. The Morgan fingerprint density at radius 3 is 2.03 bits per heavy atom. The molecule has 0 aliphatic rings. The van der Waals surface area contributed by atoms with Crippen LogP contribution in [0.2, 0.25) is 0 Å². The summed E-state index contributed by atoms with van der Waals surface area (Å²) in [6, 6.07) is 0. The molecule has 0 unspecified atom stereocenters. The Kier molecular flexibility index (Phi) is 14.2. The van der Waals surface area contributed by atoms with E-state index in [4.69, 9.17) is 14.2 Å². The summed E-state index contributed by atoms with van der Waals surface area (Å²) in [6.07, 6.45) is 7.49. The van der Waals surface area contributed by atoms with Crippen LogP contribution in [0.15, 0.2) is 12.2 Å². The van der Waals surface area contributed by atoms with Gasteiger partial charge < -0.3 is 19.1 Å². The quantitative estimate of drug-likeness (QED) is 0.166. The van der Waals surface area contributed by atoms with Crippen molar-refractivity contribution >= 4 is 23.8 Å². The maximum Gasteiger partial charge on any atom is 0.334 e. The van der Waals surface area contributed by atoms with Gasteiger partial charge in [0.05, 0.1) is 13.0 Å². The first-order valence-electron chi connectivity index (χ1n) is 10.9. The first-order valence-corrected chi connectivity index (χ1v) is 10.9. The van der Waals surface area contributed by atoms with Crippen LogP contribution < -0.4 is 0 Å². The van der Waals surface area contributed by atoms with Crippen LogP contribution in [0.5, 0.6) is 0 Å². The molecule has 0 aromatic carbocycles. The maximum atomic E-state index is 12.0. The third kappa shape index (κ3) is 16.0. The Morgan fingerprint density at radius 1 is 0.871 bits per heavy atom. The van der Waals surface area contributed by atoms with Crippen LogP contribution in [0, 0.1) is 0 Å². The second-order valence-electron chi connectivity index (χ2n) is 8.53. The van der Waals surface area contributed by atoms with E-state index in [1.807, 2.05) is 0 Å². The summed E-state index contributed by atoms with van der Waals surface area (Å²) in [7, 11) is 1.40. The number of carbonyl (C=O) groups excluding carboxylic acids is 4. The highest BCUT2D eigenvalue weighted by molar-refractivity contribution is 5.94. The van der Waals surface area contributed by atoms with Crippen LogP contribution in [-0.4, -0.2) is 61.1 Å². The van der Waals surface area contributed by atoms with Crippen LogP contribution in [0.4, 0.5) is 0 Å². The fourth-order valence-corrected chi connectivity index (χ4v) is 2.54. The molecule has 178 valence electrons. The van der Waals surface area contributed by atoms with Gasteiger partial charge in [0, 0.05) is 12.6 Å². The molecule has 0 bridgehead atoms. The SMILES string of the molecule is C=C(CC(=O)OCCCCCCCCC)C(=O)OCC(=O)N(C)CC(=O)OC(C)(C)C. The minimum absolute atomic E-state index is 0.0906. The van der Waals surface area contributed by atoms with Crippen molar-refractivity contribution in [1.29, 1.82) is 0 Å². The zero-order valence-electron chi connectivity index (χ0n) is 19.8. The van der Waals surface area contributed by atoms with Gasteiger partial charge in [-0.05, 0) is 27.2 Å². The minimum Gasteiger partial charge on any atom is -0.465 e. The van der Waals surface area contributed by atoms with Crippen LogP contribution in [0.1, 0.15) is 79.1 Å². The molecule has 0 aliphatic heterocycles. The van der Waals surface area contributed by atoms with Gasteiger partial charge in [0.1, 0.15) is 12.1 Å². The van der Waals surface area contributed by atoms with Crippen LogP contribution in [0.3, 0.4) is 0 Å². The van der Waals surface area contributed by atoms with Crippen molar-refractivity contribution in [2.75, 3.05) is 26.8 Å². The molecule has 0 radical (unpaired) electrons. The summed E-state index contributed by atoms with van der Waals surface area (Å²) in [5.74, 6) is -2.55. The number of carbonyl (C=O) groups is 4. The first kappa shape index (κ1) is 28.6. The van der Waals surface area contributed by atoms with Crippen molar-refractivity contribution in [2.24, 2.45) is 0 Å². The molecule has 0 saturated carbocycles. The number of likely N-dealkylation sites (N-methyl/N-ethyl adjacent to an activating group) is 1. The molecule has 0 aliphatic carbocycles. The van der Waals surface area contributed by atoms with E-state index in [-0.39, 0.29) is 18.5 Å². The van der Waals surface area contributed by atoms with E-state index in [0.717, 1.165) is 24.2 Å². The van der Waals surface area contributed by atoms with Crippen molar-refractivity contribution in [3.8, 4) is 0 Å². The highest BCUT2D eigenvalue weighted by atomic mass is 16.6. The molecule has 31 heavy (non-hydrogen) atoms. The Hall–Kier alpha value is -2.38. The average molecular weight is 442 g/mol. The van der Waals surface area contributed by atoms with E-state index in [9.17, 15) is 19.2 Å². The Morgan fingerprint density at radius 2 is 1.45 bits per heavy atom. The van der Waals surface area contributed by atoms with E-state index < -0.39 is 36.0 Å². The molecule has 8 nitrogen and oxygen atoms in total. The molecular formula is C23H39NO7. The molecule has 0 fully saturated rings. The lowest BCUT2D eigenvalue weighted by Crippen LogP contribution is -2.38. The molecule has 0 aromatic heterocycles. The molecule has 0 rings (SSSR count). The standard InChI is InChI=1S/C23H39NO7/c1-7-8-9-10-11-12-13-14-29-20(26)15-18(2)22(28)30-17-19(25)24(6)16-21(27)31-23(3,4)5/h2,7-17H2,1,3-6H3. The maximum absolute atomic E-state index is 12.0. The lowest BCUT2D eigenvalue weighted by Gasteiger charge is -2.22. The lowest BCUT2D eigenvalue weighted by molar-refractivity contribution is -0.159. The topological polar surface area (TPSA) is 99.2 Å². The lowest BCUT2D eigenvalue weighted by atomic mass is 10.1. The summed E-state index contributed by atoms with van der Waals surface area (Å²) in [4.78, 5) is 48.6. The van der Waals surface area contributed by atoms with Crippen molar-refractivity contribution in [1.82, 2.24) is 4.90 Å². The summed E-state index contributed by atoms with van der Waals surface area (Å²) in [5, 5.41) is 0. The molecule has 1 amide bonds. The number of ether oxygens (including phenoxy) is 3. The van der Waals surface area contributed by atoms with Crippen molar-refractivity contribution < 1.29 is 33.4 Å². The van der Waals surface area contributed by atoms with E-state index in [1.54, 1.807) is 20.8 Å². The number of esters is 3. The number of nitrogens with zero attached hydrogens (tertiary/aromatic N) is 1. The third-order valence-electron chi connectivity index (χ3n) is 4.20. The first-order chi connectivity index (χ1) is 14.5. The summed E-state index contributed by atoms with van der Waals surface area (Å²) in [5.41, 5.74) is -0.749. The second-order valence-corrected chi connectivity index (χ2v) is 8.53. The zero-order valence-corrected chi connectivity index (χ0v) is 19.8. The number of hydrogen-bond acceptors (Lipinski definition) is 7. The molecule has 0 aromatic rings. The van der Waals surface area contributed by atoms with Crippen LogP contribution in [0.25, 0.3) is 0 Å². The third-order valence-corrected chi connectivity index (χ3v) is 4.20. The van der Waals surface area contributed by atoms with E-state index in [2.05, 4.69) is 13.5 Å². The van der Waals surface area contributed by atoms with Gasteiger partial charge >= 0.3 is 17.9 Å². The Bertz CT molecular complexity index is 608. The van der Waals surface area contributed by atoms with Gasteiger partial charge in [-0.25, -0.2) is 4.79 Å². The smallest absolute Gasteiger partial charge is 0.334 e. The Balaban J connectivity index is 4.04. The minimum atomic E-state index is -0.855. The van der Waals surface area contributed by atoms with Gasteiger partial charge in [-0.1, -0.05) is 52.0 Å². The summed E-state index contributed by atoms with van der Waals surface area (Å²) >= 11 is 0. The Labute approximate surface area is 186 Å². The number of unbranched alkanes of at least 4 members (excludes halogenated alkanes) is 6. The fourth-order valence-electron chi connectivity index (χ4n) is 2.54. The highest BCUT2D eigenvalue weighted by Crippen LogP contribution is 2.09. The molecule has 0 N–H and O–H groups in total. The molecule has 0 heterocycles. The number of amides is 1. The van der Waals surface area contributed by atoms with Crippen molar-refractivity contribution in [3.63, 3.8) is 0 Å². The van der Waals surface area contributed by atoms with Crippen LogP contribution >= 0.6 is 0 Å². The van der Waals surface area contributed by atoms with Gasteiger partial charge in [0.25, 0.3) is 5.91 Å². The molecular weight excluding hydrogens is 402 g/mol. The molecule has 0 spiro atoms. The van der Waals surface area contributed by atoms with Crippen molar-refractivity contribution in [2.45, 2.75) is 84.7 Å². The normalized spacial score (nSPS) is 10.9. The second kappa shape index (κ2) is 15.4. The van der Waals surface area contributed by atoms with Gasteiger partial charge in [-0.15, -0.1) is 0 Å². The highest BCUT2D eigenvalue weighted by Gasteiger charge is 2.21. The van der Waals surface area contributed by atoms with Gasteiger partial charge in [-0.2, -0.15) is 0 Å². The molecule has 8 heteroatoms.